The number of carbonyl (C=O) groups excluding carboxylic acids is 1. The highest BCUT2D eigenvalue weighted by atomic mass is 19.1. The summed E-state index contributed by atoms with van der Waals surface area (Å²) in [5, 5.41) is 0. The number of aryl methyl sites for hydroxylation is 1. The van der Waals surface area contributed by atoms with Crippen LogP contribution in [0.5, 0.6) is 0 Å². The van der Waals surface area contributed by atoms with Crippen LogP contribution < -0.4 is 4.90 Å². The molecule has 0 atom stereocenters. The number of amides is 1. The van der Waals surface area contributed by atoms with Crippen molar-refractivity contribution < 1.29 is 9.18 Å². The molecule has 2 nitrogen and oxygen atoms in total. The van der Waals surface area contributed by atoms with E-state index < -0.39 is 0 Å². The summed E-state index contributed by atoms with van der Waals surface area (Å²) >= 11 is 0. The molecule has 0 aliphatic carbocycles. The van der Waals surface area contributed by atoms with Crippen molar-refractivity contribution in [2.45, 2.75) is 47.0 Å². The van der Waals surface area contributed by atoms with Crippen LogP contribution in [0.25, 0.3) is 0 Å². The highest BCUT2D eigenvalue weighted by Gasteiger charge is 2.19. The first-order chi connectivity index (χ1) is 9.01. The van der Waals surface area contributed by atoms with Gasteiger partial charge in [-0.3, -0.25) is 4.79 Å². The molecule has 1 aromatic carbocycles. The van der Waals surface area contributed by atoms with E-state index >= 15 is 0 Å². The second-order valence-electron chi connectivity index (χ2n) is 5.13. The Morgan fingerprint density at radius 3 is 2.53 bits per heavy atom. The van der Waals surface area contributed by atoms with Crippen LogP contribution in [0.3, 0.4) is 0 Å². The van der Waals surface area contributed by atoms with Crippen LogP contribution in [0, 0.1) is 11.7 Å². The Balaban J connectivity index is 3.06. The predicted octanol–water partition coefficient (Wildman–Crippen LogP) is 4.18. The third kappa shape index (κ3) is 4.05. The molecule has 0 saturated carbocycles. The summed E-state index contributed by atoms with van der Waals surface area (Å²) in [6.45, 7) is 8.50. The summed E-state index contributed by atoms with van der Waals surface area (Å²) in [5.74, 6) is -0.146. The van der Waals surface area contributed by atoms with Gasteiger partial charge in [-0.05, 0) is 36.6 Å². The number of nitrogens with zero attached hydrogens (tertiary/aromatic N) is 1. The van der Waals surface area contributed by atoms with Gasteiger partial charge in [-0.2, -0.15) is 0 Å². The van der Waals surface area contributed by atoms with Gasteiger partial charge < -0.3 is 4.90 Å². The van der Waals surface area contributed by atoms with Crippen LogP contribution in [0.1, 0.15) is 46.1 Å². The van der Waals surface area contributed by atoms with Crippen LogP contribution in [0.2, 0.25) is 0 Å². The number of carbonyl (C=O) groups is 1. The van der Waals surface area contributed by atoms with Crippen LogP contribution >= 0.6 is 0 Å². The molecule has 0 fully saturated rings. The molecule has 0 aliphatic rings. The Morgan fingerprint density at radius 2 is 2.00 bits per heavy atom. The second kappa shape index (κ2) is 7.27. The van der Waals surface area contributed by atoms with E-state index in [0.29, 0.717) is 18.5 Å². The molecule has 0 saturated heterocycles. The molecule has 0 unspecified atom stereocenters. The number of rotatable bonds is 6. The fraction of sp³-hybridized carbons (Fsp3) is 0.562. The SMILES string of the molecule is CCCCN(C(=O)C(C)C)c1ccc(F)c(CC)c1. The lowest BCUT2D eigenvalue weighted by Gasteiger charge is -2.25. The molecule has 3 heteroatoms. The zero-order chi connectivity index (χ0) is 14.4. The summed E-state index contributed by atoms with van der Waals surface area (Å²) in [6.07, 6.45) is 2.62. The van der Waals surface area contributed by atoms with Gasteiger partial charge in [0.15, 0.2) is 0 Å². The minimum Gasteiger partial charge on any atom is -0.312 e. The fourth-order valence-electron chi connectivity index (χ4n) is 1.99. The van der Waals surface area contributed by atoms with Gasteiger partial charge in [0.05, 0.1) is 0 Å². The molecule has 0 radical (unpaired) electrons. The Morgan fingerprint density at radius 1 is 1.32 bits per heavy atom. The molecule has 1 aromatic rings. The molecular formula is C16H24FNO. The van der Waals surface area contributed by atoms with Gasteiger partial charge in [0.25, 0.3) is 0 Å². The third-order valence-corrected chi connectivity index (χ3v) is 3.22. The number of halogens is 1. The van der Waals surface area contributed by atoms with Crippen molar-refractivity contribution in [2.75, 3.05) is 11.4 Å². The highest BCUT2D eigenvalue weighted by molar-refractivity contribution is 5.94. The van der Waals surface area contributed by atoms with Crippen LogP contribution in [0.15, 0.2) is 18.2 Å². The van der Waals surface area contributed by atoms with Crippen molar-refractivity contribution in [3.05, 3.63) is 29.6 Å². The van der Waals surface area contributed by atoms with Crippen molar-refractivity contribution >= 4 is 11.6 Å². The van der Waals surface area contributed by atoms with Gasteiger partial charge in [0, 0.05) is 18.2 Å². The topological polar surface area (TPSA) is 20.3 Å². The lowest BCUT2D eigenvalue weighted by molar-refractivity contribution is -0.121. The second-order valence-corrected chi connectivity index (χ2v) is 5.13. The lowest BCUT2D eigenvalue weighted by atomic mass is 10.1. The van der Waals surface area contributed by atoms with E-state index in [9.17, 15) is 9.18 Å². The minimum atomic E-state index is -0.196. The van der Waals surface area contributed by atoms with Crippen LogP contribution in [-0.2, 0) is 11.2 Å². The summed E-state index contributed by atoms with van der Waals surface area (Å²) in [7, 11) is 0. The zero-order valence-corrected chi connectivity index (χ0v) is 12.4. The number of benzene rings is 1. The summed E-state index contributed by atoms with van der Waals surface area (Å²) in [4.78, 5) is 14.1. The minimum absolute atomic E-state index is 0.0491. The van der Waals surface area contributed by atoms with E-state index in [0.717, 1.165) is 18.5 Å². The van der Waals surface area contributed by atoms with Gasteiger partial charge in [-0.15, -0.1) is 0 Å². The first-order valence-electron chi connectivity index (χ1n) is 7.11. The first-order valence-corrected chi connectivity index (χ1v) is 7.11. The molecule has 0 aromatic heterocycles. The van der Waals surface area contributed by atoms with E-state index in [4.69, 9.17) is 0 Å². The fourth-order valence-corrected chi connectivity index (χ4v) is 1.99. The summed E-state index contributed by atoms with van der Waals surface area (Å²) in [5.41, 5.74) is 1.47. The van der Waals surface area contributed by atoms with Gasteiger partial charge in [0.1, 0.15) is 5.82 Å². The van der Waals surface area contributed by atoms with Crippen molar-refractivity contribution in [2.24, 2.45) is 5.92 Å². The lowest BCUT2D eigenvalue weighted by Crippen LogP contribution is -2.35. The average Bonchev–Trinajstić information content (AvgIpc) is 2.40. The summed E-state index contributed by atoms with van der Waals surface area (Å²) < 4.78 is 13.5. The molecule has 0 spiro atoms. The highest BCUT2D eigenvalue weighted by Crippen LogP contribution is 2.21. The van der Waals surface area contributed by atoms with Gasteiger partial charge in [-0.1, -0.05) is 34.1 Å². The van der Waals surface area contributed by atoms with Crippen molar-refractivity contribution in [3.8, 4) is 0 Å². The van der Waals surface area contributed by atoms with Crippen molar-refractivity contribution in [3.63, 3.8) is 0 Å². The van der Waals surface area contributed by atoms with Crippen molar-refractivity contribution in [1.82, 2.24) is 0 Å². The average molecular weight is 265 g/mol. The van der Waals surface area contributed by atoms with E-state index in [1.807, 2.05) is 20.8 Å². The number of unbranched alkanes of at least 4 members (excludes halogenated alkanes) is 1. The Labute approximate surface area is 115 Å². The number of hydrogen-bond acceptors (Lipinski definition) is 1. The number of anilines is 1. The maximum Gasteiger partial charge on any atom is 0.229 e. The Bertz CT molecular complexity index is 429. The molecular weight excluding hydrogens is 241 g/mol. The first kappa shape index (κ1) is 15.7. The van der Waals surface area contributed by atoms with Crippen molar-refractivity contribution in [1.29, 1.82) is 0 Å². The van der Waals surface area contributed by atoms with E-state index in [-0.39, 0.29) is 17.6 Å². The largest absolute Gasteiger partial charge is 0.312 e. The van der Waals surface area contributed by atoms with E-state index in [1.165, 1.54) is 6.07 Å². The Hall–Kier alpha value is -1.38. The molecule has 0 aliphatic heterocycles. The molecule has 0 heterocycles. The predicted molar refractivity (Wildman–Crippen MR) is 77.9 cm³/mol. The molecule has 1 rings (SSSR count). The quantitative estimate of drug-likeness (QED) is 0.755. The van der Waals surface area contributed by atoms with Crippen LogP contribution in [-0.4, -0.2) is 12.5 Å². The third-order valence-electron chi connectivity index (χ3n) is 3.22. The van der Waals surface area contributed by atoms with Gasteiger partial charge >= 0.3 is 0 Å². The summed E-state index contributed by atoms with van der Waals surface area (Å²) in [6, 6.07) is 4.95. The van der Waals surface area contributed by atoms with E-state index in [2.05, 4.69) is 6.92 Å². The normalized spacial score (nSPS) is 10.8. The Kier molecular flexibility index (Phi) is 6.00. The molecule has 106 valence electrons. The molecule has 19 heavy (non-hydrogen) atoms. The van der Waals surface area contributed by atoms with Crippen LogP contribution in [0.4, 0.5) is 10.1 Å². The molecule has 0 bridgehead atoms. The maximum atomic E-state index is 13.5. The van der Waals surface area contributed by atoms with Gasteiger partial charge in [0.2, 0.25) is 5.91 Å². The monoisotopic (exact) mass is 265 g/mol. The van der Waals surface area contributed by atoms with E-state index in [1.54, 1.807) is 17.0 Å². The zero-order valence-electron chi connectivity index (χ0n) is 12.4. The maximum absolute atomic E-state index is 13.5. The van der Waals surface area contributed by atoms with Gasteiger partial charge in [-0.25, -0.2) is 4.39 Å². The molecule has 0 N–H and O–H groups in total. The smallest absolute Gasteiger partial charge is 0.229 e. The number of hydrogen-bond donors (Lipinski definition) is 0. The molecule has 1 amide bonds. The standard InChI is InChI=1S/C16H24FNO/c1-5-7-10-18(16(19)12(3)4)14-8-9-15(17)13(6-2)11-14/h8-9,11-12H,5-7,10H2,1-4H3.